The number of amides is 1. The number of nitrogens with zero attached hydrogens (tertiary/aromatic N) is 1. The van der Waals surface area contributed by atoms with E-state index in [4.69, 9.17) is 32.4 Å². The second kappa shape index (κ2) is 9.48. The largest absolute Gasteiger partial charge is 0.482 e. The van der Waals surface area contributed by atoms with Gasteiger partial charge in [-0.1, -0.05) is 29.3 Å². The molecular formula is C21H17BrCl2N2O3. The molecule has 29 heavy (non-hydrogen) atoms. The van der Waals surface area contributed by atoms with Gasteiger partial charge in [-0.3, -0.25) is 4.79 Å². The maximum Gasteiger partial charge on any atom is 0.277 e. The molecule has 3 rings (SSSR count). The summed E-state index contributed by atoms with van der Waals surface area (Å²) in [6.45, 7) is 3.75. The first-order valence-electron chi connectivity index (χ1n) is 8.60. The highest BCUT2D eigenvalue weighted by molar-refractivity contribution is 9.10. The van der Waals surface area contributed by atoms with E-state index in [1.807, 2.05) is 26.0 Å². The van der Waals surface area contributed by atoms with E-state index in [2.05, 4.69) is 26.5 Å². The lowest BCUT2D eigenvalue weighted by atomic mass is 10.1. The molecule has 0 spiro atoms. The molecule has 1 amide bonds. The first kappa shape index (κ1) is 21.4. The van der Waals surface area contributed by atoms with Gasteiger partial charge >= 0.3 is 0 Å². The standard InChI is InChI=1S/C21H17BrCl2N2O3/c1-12-7-13(2)21(17(22)8-12)28-11-20(27)26-25-10-15-4-6-19(29-15)16-5-3-14(23)9-18(16)24/h3-10H,11H2,1-2H3,(H,26,27). The molecule has 3 aromatic rings. The zero-order valence-electron chi connectivity index (χ0n) is 15.6. The van der Waals surface area contributed by atoms with Gasteiger partial charge in [0, 0.05) is 10.6 Å². The monoisotopic (exact) mass is 494 g/mol. The van der Waals surface area contributed by atoms with Crippen molar-refractivity contribution in [1.29, 1.82) is 0 Å². The van der Waals surface area contributed by atoms with Crippen LogP contribution in [0.3, 0.4) is 0 Å². The Morgan fingerprint density at radius 2 is 2.00 bits per heavy atom. The minimum Gasteiger partial charge on any atom is -0.482 e. The highest BCUT2D eigenvalue weighted by Gasteiger charge is 2.10. The van der Waals surface area contributed by atoms with Crippen LogP contribution in [-0.4, -0.2) is 18.7 Å². The summed E-state index contributed by atoms with van der Waals surface area (Å²) in [5.41, 5.74) is 5.17. The number of halogens is 3. The van der Waals surface area contributed by atoms with Crippen molar-refractivity contribution in [3.8, 4) is 17.1 Å². The molecule has 8 heteroatoms. The molecule has 0 unspecified atom stereocenters. The Morgan fingerprint density at radius 3 is 2.72 bits per heavy atom. The first-order valence-corrected chi connectivity index (χ1v) is 10.1. The summed E-state index contributed by atoms with van der Waals surface area (Å²) in [4.78, 5) is 12.0. The van der Waals surface area contributed by atoms with Crippen LogP contribution in [0.2, 0.25) is 10.0 Å². The Hall–Kier alpha value is -2.28. The number of hydrogen-bond acceptors (Lipinski definition) is 4. The number of carbonyl (C=O) groups is 1. The molecule has 5 nitrogen and oxygen atoms in total. The maximum absolute atomic E-state index is 12.0. The van der Waals surface area contributed by atoms with Crippen LogP contribution in [0.15, 0.2) is 56.5 Å². The highest BCUT2D eigenvalue weighted by Crippen LogP contribution is 2.31. The topological polar surface area (TPSA) is 63.8 Å². The quantitative estimate of drug-likeness (QED) is 0.329. The zero-order valence-corrected chi connectivity index (χ0v) is 18.7. The zero-order chi connectivity index (χ0) is 21.0. The number of carbonyl (C=O) groups excluding carboxylic acids is 1. The summed E-state index contributed by atoms with van der Waals surface area (Å²) in [5.74, 6) is 1.28. The SMILES string of the molecule is Cc1cc(C)c(OCC(=O)NN=Cc2ccc(-c3ccc(Cl)cc3Cl)o2)c(Br)c1. The fraction of sp³-hybridized carbons (Fsp3) is 0.143. The molecule has 0 fully saturated rings. The molecular weight excluding hydrogens is 479 g/mol. The van der Waals surface area contributed by atoms with E-state index in [0.717, 1.165) is 15.6 Å². The number of hydrogen-bond donors (Lipinski definition) is 1. The molecule has 0 bridgehead atoms. The van der Waals surface area contributed by atoms with Crippen LogP contribution in [0, 0.1) is 13.8 Å². The minimum absolute atomic E-state index is 0.163. The van der Waals surface area contributed by atoms with Gasteiger partial charge in [0.15, 0.2) is 6.61 Å². The van der Waals surface area contributed by atoms with Crippen LogP contribution in [-0.2, 0) is 4.79 Å². The number of nitrogens with one attached hydrogen (secondary N) is 1. The molecule has 150 valence electrons. The molecule has 0 aliphatic heterocycles. The van der Waals surface area contributed by atoms with Gasteiger partial charge in [-0.15, -0.1) is 0 Å². The van der Waals surface area contributed by atoms with Crippen molar-refractivity contribution < 1.29 is 13.9 Å². The smallest absolute Gasteiger partial charge is 0.277 e. The predicted molar refractivity (Wildman–Crippen MR) is 119 cm³/mol. The lowest BCUT2D eigenvalue weighted by molar-refractivity contribution is -0.123. The van der Waals surface area contributed by atoms with Gasteiger partial charge in [0.2, 0.25) is 0 Å². The Morgan fingerprint density at radius 1 is 1.21 bits per heavy atom. The second-order valence-electron chi connectivity index (χ2n) is 6.30. The van der Waals surface area contributed by atoms with Gasteiger partial charge in [-0.25, -0.2) is 5.43 Å². The van der Waals surface area contributed by atoms with Crippen LogP contribution in [0.5, 0.6) is 5.75 Å². The summed E-state index contributed by atoms with van der Waals surface area (Å²) in [7, 11) is 0. The van der Waals surface area contributed by atoms with E-state index in [-0.39, 0.29) is 12.5 Å². The minimum atomic E-state index is -0.388. The van der Waals surface area contributed by atoms with Crippen LogP contribution in [0.4, 0.5) is 0 Å². The molecule has 1 N–H and O–H groups in total. The molecule has 0 aliphatic carbocycles. The van der Waals surface area contributed by atoms with Crippen molar-refractivity contribution in [2.75, 3.05) is 6.61 Å². The van der Waals surface area contributed by atoms with Crippen molar-refractivity contribution in [2.45, 2.75) is 13.8 Å². The third-order valence-corrected chi connectivity index (χ3v) is 5.06. The summed E-state index contributed by atoms with van der Waals surface area (Å²) in [5, 5.41) is 4.92. The van der Waals surface area contributed by atoms with E-state index in [9.17, 15) is 4.79 Å². The molecule has 0 atom stereocenters. The Labute approximate surface area is 186 Å². The van der Waals surface area contributed by atoms with Gasteiger partial charge in [-0.05, 0) is 77.3 Å². The Balaban J connectivity index is 1.56. The molecule has 1 aromatic heterocycles. The number of rotatable bonds is 6. The van der Waals surface area contributed by atoms with Crippen LogP contribution in [0.1, 0.15) is 16.9 Å². The Kier molecular flexibility index (Phi) is 7.00. The van der Waals surface area contributed by atoms with Gasteiger partial charge in [0.25, 0.3) is 5.91 Å². The van der Waals surface area contributed by atoms with Crippen LogP contribution >= 0.6 is 39.1 Å². The average molecular weight is 496 g/mol. The second-order valence-corrected chi connectivity index (χ2v) is 8.00. The molecule has 0 saturated heterocycles. The molecule has 2 aromatic carbocycles. The fourth-order valence-corrected chi connectivity index (χ4v) is 3.97. The van der Waals surface area contributed by atoms with E-state index >= 15 is 0 Å². The lowest BCUT2D eigenvalue weighted by Crippen LogP contribution is -2.24. The highest BCUT2D eigenvalue weighted by atomic mass is 79.9. The van der Waals surface area contributed by atoms with E-state index < -0.39 is 0 Å². The van der Waals surface area contributed by atoms with Crippen molar-refractivity contribution >= 4 is 51.3 Å². The van der Waals surface area contributed by atoms with Crippen molar-refractivity contribution in [3.05, 3.63) is 73.9 Å². The van der Waals surface area contributed by atoms with Crippen molar-refractivity contribution in [3.63, 3.8) is 0 Å². The molecule has 0 aliphatic rings. The van der Waals surface area contributed by atoms with Crippen LogP contribution in [0.25, 0.3) is 11.3 Å². The maximum atomic E-state index is 12.0. The number of benzene rings is 2. The molecule has 0 saturated carbocycles. The number of aryl methyl sites for hydroxylation is 2. The van der Waals surface area contributed by atoms with E-state index in [1.165, 1.54) is 6.21 Å². The fourth-order valence-electron chi connectivity index (χ4n) is 2.68. The third-order valence-electron chi connectivity index (χ3n) is 3.93. The van der Waals surface area contributed by atoms with E-state index in [1.54, 1.807) is 30.3 Å². The van der Waals surface area contributed by atoms with Gasteiger partial charge in [-0.2, -0.15) is 5.10 Å². The summed E-state index contributed by atoms with van der Waals surface area (Å²) in [6.07, 6.45) is 1.40. The third kappa shape index (κ3) is 5.63. The van der Waals surface area contributed by atoms with Crippen LogP contribution < -0.4 is 10.2 Å². The number of furan rings is 1. The summed E-state index contributed by atoms with van der Waals surface area (Å²) in [6, 6.07) is 12.5. The van der Waals surface area contributed by atoms with Crippen molar-refractivity contribution in [2.24, 2.45) is 5.10 Å². The lowest BCUT2D eigenvalue weighted by Gasteiger charge is -2.11. The van der Waals surface area contributed by atoms with Crippen molar-refractivity contribution in [1.82, 2.24) is 5.43 Å². The molecule has 0 radical (unpaired) electrons. The van der Waals surface area contributed by atoms with Gasteiger partial charge in [0.05, 0.1) is 15.7 Å². The van der Waals surface area contributed by atoms with Gasteiger partial charge < -0.3 is 9.15 Å². The normalized spacial score (nSPS) is 11.1. The average Bonchev–Trinajstić information content (AvgIpc) is 3.09. The first-order chi connectivity index (χ1) is 13.8. The number of hydrazone groups is 1. The predicted octanol–water partition coefficient (Wildman–Crippen LogP) is 6.16. The number of ether oxygens (including phenoxy) is 1. The Bertz CT molecular complexity index is 1060. The van der Waals surface area contributed by atoms with Gasteiger partial charge in [0.1, 0.15) is 17.3 Å². The summed E-state index contributed by atoms with van der Waals surface area (Å²) >= 11 is 15.5. The van der Waals surface area contributed by atoms with E-state index in [0.29, 0.717) is 32.9 Å². The molecule has 1 heterocycles. The summed E-state index contributed by atoms with van der Waals surface area (Å²) < 4.78 is 12.1.